The van der Waals surface area contributed by atoms with Crippen molar-refractivity contribution in [2.24, 2.45) is 5.41 Å². The molecule has 4 rings (SSSR count). The lowest BCUT2D eigenvalue weighted by Crippen LogP contribution is -2.48. The van der Waals surface area contributed by atoms with Crippen molar-refractivity contribution < 1.29 is 24.1 Å². The summed E-state index contributed by atoms with van der Waals surface area (Å²) < 4.78 is 17.1. The van der Waals surface area contributed by atoms with Gasteiger partial charge in [-0.3, -0.25) is 4.90 Å². The lowest BCUT2D eigenvalue weighted by Gasteiger charge is -2.43. The zero-order chi connectivity index (χ0) is 21.7. The minimum absolute atomic E-state index is 0.0274. The largest absolute Gasteiger partial charge is 0.497 e. The topological polar surface area (TPSA) is 68.2 Å². The summed E-state index contributed by atoms with van der Waals surface area (Å²) in [7, 11) is 1.64. The van der Waals surface area contributed by atoms with Crippen LogP contribution in [0.25, 0.3) is 0 Å². The Morgan fingerprint density at radius 1 is 1.06 bits per heavy atom. The van der Waals surface area contributed by atoms with E-state index in [-0.39, 0.29) is 18.1 Å². The van der Waals surface area contributed by atoms with E-state index in [1.807, 2.05) is 54.6 Å². The molecule has 2 aliphatic rings. The molecule has 2 fully saturated rings. The van der Waals surface area contributed by atoms with Crippen molar-refractivity contribution in [1.82, 2.24) is 4.90 Å². The second kappa shape index (κ2) is 9.28. The van der Waals surface area contributed by atoms with Crippen LogP contribution in [-0.4, -0.2) is 48.6 Å². The highest BCUT2D eigenvalue weighted by Gasteiger charge is 2.52. The fraction of sp³-hybridized carbons (Fsp3) is 0.480. The number of rotatable bonds is 8. The summed E-state index contributed by atoms with van der Waals surface area (Å²) in [6.07, 6.45) is 2.93. The third kappa shape index (κ3) is 5.02. The van der Waals surface area contributed by atoms with Crippen LogP contribution in [-0.2, 0) is 22.6 Å². The molecule has 0 aromatic heterocycles. The molecule has 1 N–H and O–H groups in total. The molecule has 1 unspecified atom stereocenters. The highest BCUT2D eigenvalue weighted by Crippen LogP contribution is 2.46. The third-order valence-electron chi connectivity index (χ3n) is 6.47. The zero-order valence-corrected chi connectivity index (χ0v) is 18.1. The Balaban J connectivity index is 1.39. The molecule has 1 spiro atoms. The van der Waals surface area contributed by atoms with Crippen molar-refractivity contribution in [3.63, 3.8) is 0 Å². The molecule has 1 aliphatic carbocycles. The van der Waals surface area contributed by atoms with Crippen molar-refractivity contribution >= 4 is 6.09 Å². The second-order valence-electron chi connectivity index (χ2n) is 8.92. The first-order valence-electron chi connectivity index (χ1n) is 10.9. The van der Waals surface area contributed by atoms with Gasteiger partial charge in [0.2, 0.25) is 0 Å². The van der Waals surface area contributed by atoms with E-state index in [2.05, 4.69) is 0 Å². The van der Waals surface area contributed by atoms with Gasteiger partial charge in [-0.2, -0.15) is 0 Å². The standard InChI is InChI=1S/C25H31NO5/c1-29-22-10-8-20(9-11-22)14-26-17-25(31-23(26)28)13-5-12-24(16-25,18-27)19-30-15-21-6-3-2-4-7-21/h2-4,6-11,27H,5,12-19H2,1H3/t24-,25?/m1/s1. The predicted octanol–water partition coefficient (Wildman–Crippen LogP) is 4.16. The molecule has 6 heteroatoms. The molecule has 31 heavy (non-hydrogen) atoms. The summed E-state index contributed by atoms with van der Waals surface area (Å²) in [6, 6.07) is 17.8. The van der Waals surface area contributed by atoms with Crippen LogP contribution in [0.1, 0.15) is 36.8 Å². The Morgan fingerprint density at radius 2 is 1.84 bits per heavy atom. The van der Waals surface area contributed by atoms with Gasteiger partial charge in [-0.05, 0) is 48.9 Å². The molecule has 2 atom stereocenters. The first-order valence-corrected chi connectivity index (χ1v) is 10.9. The Hall–Kier alpha value is -2.57. The lowest BCUT2D eigenvalue weighted by atomic mass is 9.68. The van der Waals surface area contributed by atoms with Crippen molar-refractivity contribution in [1.29, 1.82) is 0 Å². The quantitative estimate of drug-likeness (QED) is 0.688. The third-order valence-corrected chi connectivity index (χ3v) is 6.47. The van der Waals surface area contributed by atoms with Gasteiger partial charge in [0.25, 0.3) is 0 Å². The summed E-state index contributed by atoms with van der Waals surface area (Å²) in [5, 5.41) is 10.3. The normalized spacial score (nSPS) is 25.6. The second-order valence-corrected chi connectivity index (χ2v) is 8.92. The Morgan fingerprint density at radius 3 is 2.55 bits per heavy atom. The molecule has 1 saturated heterocycles. The van der Waals surface area contributed by atoms with Crippen LogP contribution in [0, 0.1) is 5.41 Å². The molecule has 2 aromatic carbocycles. The van der Waals surface area contributed by atoms with Crippen LogP contribution in [0.5, 0.6) is 5.75 Å². The van der Waals surface area contributed by atoms with Crippen LogP contribution in [0.4, 0.5) is 4.79 Å². The van der Waals surface area contributed by atoms with Crippen LogP contribution < -0.4 is 4.74 Å². The summed E-state index contributed by atoms with van der Waals surface area (Å²) in [5.74, 6) is 0.791. The Bertz CT molecular complexity index is 871. The van der Waals surface area contributed by atoms with Gasteiger partial charge in [0.05, 0.1) is 33.5 Å². The summed E-state index contributed by atoms with van der Waals surface area (Å²) in [6.45, 7) is 2.04. The first kappa shape index (κ1) is 21.7. The van der Waals surface area contributed by atoms with Gasteiger partial charge in [-0.15, -0.1) is 0 Å². The number of benzene rings is 2. The van der Waals surface area contributed by atoms with Gasteiger partial charge in [-0.1, -0.05) is 42.5 Å². The monoisotopic (exact) mass is 425 g/mol. The van der Waals surface area contributed by atoms with Crippen molar-refractivity contribution in [3.05, 3.63) is 65.7 Å². The van der Waals surface area contributed by atoms with Gasteiger partial charge < -0.3 is 19.3 Å². The highest BCUT2D eigenvalue weighted by atomic mass is 16.6. The van der Waals surface area contributed by atoms with E-state index in [9.17, 15) is 9.90 Å². The van der Waals surface area contributed by atoms with Crippen LogP contribution in [0.2, 0.25) is 0 Å². The van der Waals surface area contributed by atoms with Crippen LogP contribution in [0.15, 0.2) is 54.6 Å². The van der Waals surface area contributed by atoms with E-state index >= 15 is 0 Å². The number of carbonyl (C=O) groups is 1. The number of carbonyl (C=O) groups excluding carboxylic acids is 1. The molecule has 166 valence electrons. The van der Waals surface area contributed by atoms with Gasteiger partial charge in [-0.25, -0.2) is 4.79 Å². The van der Waals surface area contributed by atoms with E-state index in [1.165, 1.54) is 0 Å². The maximum absolute atomic E-state index is 12.7. The molecule has 1 saturated carbocycles. The number of ether oxygens (including phenoxy) is 3. The summed E-state index contributed by atoms with van der Waals surface area (Å²) in [5.41, 5.74) is 1.20. The summed E-state index contributed by atoms with van der Waals surface area (Å²) in [4.78, 5) is 14.4. The number of amides is 1. The van der Waals surface area contributed by atoms with Gasteiger partial charge in [0.15, 0.2) is 0 Å². The molecule has 0 radical (unpaired) electrons. The number of nitrogens with zero attached hydrogens (tertiary/aromatic N) is 1. The van der Waals surface area contributed by atoms with Crippen molar-refractivity contribution in [2.45, 2.75) is 44.4 Å². The number of hydrogen-bond donors (Lipinski definition) is 1. The maximum atomic E-state index is 12.7. The molecule has 2 aromatic rings. The minimum Gasteiger partial charge on any atom is -0.497 e. The van der Waals surface area contributed by atoms with Gasteiger partial charge in [0, 0.05) is 12.0 Å². The van der Waals surface area contributed by atoms with Crippen LogP contribution >= 0.6 is 0 Å². The minimum atomic E-state index is -0.555. The van der Waals surface area contributed by atoms with Crippen LogP contribution in [0.3, 0.4) is 0 Å². The average molecular weight is 426 g/mol. The molecule has 0 bridgehead atoms. The molecule has 1 aliphatic heterocycles. The average Bonchev–Trinajstić information content (AvgIpc) is 3.08. The SMILES string of the molecule is COc1ccc(CN2CC3(CCC[C@@](CO)(COCc4ccccc4)C3)OC2=O)cc1. The zero-order valence-electron chi connectivity index (χ0n) is 18.1. The smallest absolute Gasteiger partial charge is 0.410 e. The predicted molar refractivity (Wildman–Crippen MR) is 117 cm³/mol. The van der Waals surface area contributed by atoms with Gasteiger partial charge in [0.1, 0.15) is 11.4 Å². The van der Waals surface area contributed by atoms with Crippen molar-refractivity contribution in [2.75, 3.05) is 26.9 Å². The van der Waals surface area contributed by atoms with E-state index in [4.69, 9.17) is 14.2 Å². The molecular weight excluding hydrogens is 394 g/mol. The fourth-order valence-corrected chi connectivity index (χ4v) is 4.90. The van der Waals surface area contributed by atoms with E-state index < -0.39 is 5.60 Å². The Labute approximate surface area is 183 Å². The number of hydrogen-bond acceptors (Lipinski definition) is 5. The summed E-state index contributed by atoms with van der Waals surface area (Å²) >= 11 is 0. The fourth-order valence-electron chi connectivity index (χ4n) is 4.90. The van der Waals surface area contributed by atoms with E-state index in [0.717, 1.165) is 36.1 Å². The van der Waals surface area contributed by atoms with E-state index in [0.29, 0.717) is 32.7 Å². The molecule has 6 nitrogen and oxygen atoms in total. The molecule has 1 heterocycles. The highest BCUT2D eigenvalue weighted by molar-refractivity contribution is 5.70. The molecular formula is C25H31NO5. The maximum Gasteiger partial charge on any atom is 0.410 e. The van der Waals surface area contributed by atoms with Crippen molar-refractivity contribution in [3.8, 4) is 5.75 Å². The first-order chi connectivity index (χ1) is 15.1. The van der Waals surface area contributed by atoms with E-state index in [1.54, 1.807) is 12.0 Å². The Kier molecular flexibility index (Phi) is 6.49. The molecule has 1 amide bonds. The van der Waals surface area contributed by atoms with Gasteiger partial charge >= 0.3 is 6.09 Å². The lowest BCUT2D eigenvalue weighted by molar-refractivity contribution is -0.0871. The number of aliphatic hydroxyl groups excluding tert-OH is 1. The number of methoxy groups -OCH3 is 1. The number of aliphatic hydroxyl groups is 1.